The average Bonchev–Trinajstić information content (AvgIpc) is 3.04. The summed E-state index contributed by atoms with van der Waals surface area (Å²) in [4.78, 5) is 2.33. The van der Waals surface area contributed by atoms with E-state index in [1.54, 1.807) is 11.8 Å². The molecule has 44 heavy (non-hydrogen) atoms. The first-order valence-electron chi connectivity index (χ1n) is 14.2. The Morgan fingerprint density at radius 2 is 0.636 bits per heavy atom. The molecule has 7 rings (SSSR count). The van der Waals surface area contributed by atoms with Crippen LogP contribution >= 0.6 is 11.8 Å². The second-order valence-electron chi connectivity index (χ2n) is 10.5. The van der Waals surface area contributed by atoms with Gasteiger partial charge in [0.1, 0.15) is 0 Å². The van der Waals surface area contributed by atoms with E-state index in [4.69, 9.17) is 11.5 Å². The molecule has 0 fully saturated rings. The molecule has 0 amide bonds. The predicted octanol–water partition coefficient (Wildman–Crippen LogP) is 10.0. The summed E-state index contributed by atoms with van der Waals surface area (Å²) in [6.07, 6.45) is 0. The highest BCUT2D eigenvalue weighted by Crippen LogP contribution is 2.46. The maximum absolute atomic E-state index is 5.79. The van der Waals surface area contributed by atoms with Crippen LogP contribution in [0.3, 0.4) is 0 Å². The van der Waals surface area contributed by atoms with Crippen LogP contribution < -0.4 is 38.1 Å². The Kier molecular flexibility index (Phi) is 7.32. The maximum Gasteiger partial charge on any atom is 0.0527 e. The molecule has 1 aliphatic heterocycles. The van der Waals surface area contributed by atoms with Gasteiger partial charge in [0.2, 0.25) is 0 Å². The summed E-state index contributed by atoms with van der Waals surface area (Å²) in [5, 5.41) is 17.4. The summed E-state index contributed by atoms with van der Waals surface area (Å²) in [5.74, 6) is 0. The van der Waals surface area contributed by atoms with Crippen LogP contribution in [0, 0.1) is 0 Å². The van der Waals surface area contributed by atoms with E-state index in [1.165, 1.54) is 9.79 Å². The lowest BCUT2D eigenvalue weighted by atomic mass is 10.2. The van der Waals surface area contributed by atoms with Gasteiger partial charge < -0.3 is 38.1 Å². The number of hydrogen-bond acceptors (Lipinski definition) is 8. The zero-order chi connectivity index (χ0) is 29.9. The highest BCUT2D eigenvalue weighted by atomic mass is 32.2. The monoisotopic (exact) mass is 593 g/mol. The normalized spacial score (nSPS) is 11.5. The van der Waals surface area contributed by atoms with Crippen molar-refractivity contribution in [2.45, 2.75) is 9.79 Å². The average molecular weight is 594 g/mol. The first-order chi connectivity index (χ1) is 21.5. The van der Waals surface area contributed by atoms with Crippen LogP contribution in [-0.4, -0.2) is 0 Å². The molecule has 7 nitrogen and oxygen atoms in total. The molecule has 0 bridgehead atoms. The standard InChI is InChI=1S/C36H31N7S/c37-23-1-5-25(6-2-23)39-27-9-13-29(14-10-27)41-31-17-19-33-35(21-31)44-36-22-32(18-20-34(36)43-33)42-30-15-11-28(12-16-30)40-26-7-3-24(38)4-8-26/h1-22,39-43H,37-38H2. The van der Waals surface area contributed by atoms with Gasteiger partial charge in [0.15, 0.2) is 0 Å². The van der Waals surface area contributed by atoms with E-state index >= 15 is 0 Å². The molecule has 1 heterocycles. The van der Waals surface area contributed by atoms with Gasteiger partial charge in [-0.25, -0.2) is 0 Å². The summed E-state index contributed by atoms with van der Waals surface area (Å²) >= 11 is 1.76. The molecule has 0 aliphatic carbocycles. The summed E-state index contributed by atoms with van der Waals surface area (Å²) in [7, 11) is 0. The highest BCUT2D eigenvalue weighted by molar-refractivity contribution is 7.99. The number of benzene rings is 6. The van der Waals surface area contributed by atoms with Crippen molar-refractivity contribution in [2.24, 2.45) is 0 Å². The molecule has 0 spiro atoms. The van der Waals surface area contributed by atoms with Crippen molar-refractivity contribution in [3.05, 3.63) is 133 Å². The topological polar surface area (TPSA) is 112 Å². The Morgan fingerprint density at radius 3 is 0.977 bits per heavy atom. The molecule has 6 aromatic rings. The van der Waals surface area contributed by atoms with E-state index in [0.29, 0.717) is 0 Å². The smallest absolute Gasteiger partial charge is 0.0527 e. The summed E-state index contributed by atoms with van der Waals surface area (Å²) in [5.41, 5.74) is 23.4. The van der Waals surface area contributed by atoms with Crippen molar-refractivity contribution in [3.63, 3.8) is 0 Å². The molecular formula is C36H31N7S. The first-order valence-corrected chi connectivity index (χ1v) is 15.1. The van der Waals surface area contributed by atoms with E-state index < -0.39 is 0 Å². The lowest BCUT2D eigenvalue weighted by Gasteiger charge is -2.22. The summed E-state index contributed by atoms with van der Waals surface area (Å²) in [6.45, 7) is 0. The second kappa shape index (κ2) is 11.9. The Labute approximate surface area is 260 Å². The molecule has 6 aromatic carbocycles. The number of rotatable bonds is 8. The summed E-state index contributed by atoms with van der Waals surface area (Å²) < 4.78 is 0. The third-order valence-corrected chi connectivity index (χ3v) is 8.31. The van der Waals surface area contributed by atoms with E-state index in [2.05, 4.69) is 112 Å². The zero-order valence-electron chi connectivity index (χ0n) is 23.8. The van der Waals surface area contributed by atoms with Gasteiger partial charge in [0.05, 0.1) is 11.4 Å². The molecule has 0 unspecified atom stereocenters. The molecule has 0 saturated heterocycles. The van der Waals surface area contributed by atoms with Gasteiger partial charge in [-0.15, -0.1) is 0 Å². The Hall–Kier alpha value is -5.73. The largest absolute Gasteiger partial charge is 0.399 e. The van der Waals surface area contributed by atoms with Gasteiger partial charge in [-0.1, -0.05) is 11.8 Å². The molecule has 9 N–H and O–H groups in total. The number of nitrogens with one attached hydrogen (secondary N) is 5. The van der Waals surface area contributed by atoms with Crippen molar-refractivity contribution >= 4 is 80.0 Å². The predicted molar refractivity (Wildman–Crippen MR) is 188 cm³/mol. The minimum Gasteiger partial charge on any atom is -0.399 e. The Balaban J connectivity index is 0.992. The fraction of sp³-hybridized carbons (Fsp3) is 0. The molecule has 0 saturated carbocycles. The van der Waals surface area contributed by atoms with Crippen molar-refractivity contribution in [1.29, 1.82) is 0 Å². The Bertz CT molecular complexity index is 1760. The van der Waals surface area contributed by atoms with E-state index in [-0.39, 0.29) is 0 Å². The zero-order valence-corrected chi connectivity index (χ0v) is 24.6. The van der Waals surface area contributed by atoms with Gasteiger partial charge in [0.25, 0.3) is 0 Å². The van der Waals surface area contributed by atoms with E-state index in [9.17, 15) is 0 Å². The first kappa shape index (κ1) is 27.1. The van der Waals surface area contributed by atoms with Crippen molar-refractivity contribution < 1.29 is 0 Å². The summed E-state index contributed by atoms with van der Waals surface area (Å²) in [6, 6.07) is 44.7. The van der Waals surface area contributed by atoms with Crippen LogP contribution in [0.15, 0.2) is 143 Å². The third kappa shape index (κ3) is 6.35. The van der Waals surface area contributed by atoms with Crippen LogP contribution in [0.1, 0.15) is 0 Å². The SMILES string of the molecule is Nc1ccc(Nc2ccc(Nc3ccc4c(c3)Sc3cc(Nc5ccc(Nc6ccc(N)cc6)cc5)ccc3N4)cc2)cc1. The molecule has 8 heteroatoms. The van der Waals surface area contributed by atoms with Gasteiger partial charge in [-0.2, -0.15) is 0 Å². The minimum atomic E-state index is 0.750. The number of fused-ring (bicyclic) bond motifs is 2. The molecule has 1 aliphatic rings. The minimum absolute atomic E-state index is 0.750. The second-order valence-corrected chi connectivity index (χ2v) is 11.6. The molecule has 0 radical (unpaired) electrons. The molecular weight excluding hydrogens is 563 g/mol. The fourth-order valence-corrected chi connectivity index (χ4v) is 5.98. The molecule has 0 atom stereocenters. The number of anilines is 12. The highest BCUT2D eigenvalue weighted by Gasteiger charge is 2.17. The van der Waals surface area contributed by atoms with E-state index in [1.807, 2.05) is 48.5 Å². The van der Waals surface area contributed by atoms with Crippen LogP contribution in [0.2, 0.25) is 0 Å². The van der Waals surface area contributed by atoms with Crippen molar-refractivity contribution in [2.75, 3.05) is 38.1 Å². The maximum atomic E-state index is 5.79. The van der Waals surface area contributed by atoms with E-state index in [0.717, 1.165) is 68.2 Å². The van der Waals surface area contributed by atoms with Gasteiger partial charge >= 0.3 is 0 Å². The number of hydrogen-bond donors (Lipinski definition) is 7. The van der Waals surface area contributed by atoms with Crippen molar-refractivity contribution in [3.8, 4) is 0 Å². The molecule has 216 valence electrons. The third-order valence-electron chi connectivity index (χ3n) is 7.20. The molecule has 0 aromatic heterocycles. The van der Waals surface area contributed by atoms with Crippen LogP contribution in [0.4, 0.5) is 68.2 Å². The van der Waals surface area contributed by atoms with Crippen LogP contribution in [0.25, 0.3) is 0 Å². The number of nitrogens with two attached hydrogens (primary N) is 2. The van der Waals surface area contributed by atoms with Crippen LogP contribution in [0.5, 0.6) is 0 Å². The quantitative estimate of drug-likeness (QED) is 0.0872. The lowest BCUT2D eigenvalue weighted by molar-refractivity contribution is 1.31. The van der Waals surface area contributed by atoms with Crippen molar-refractivity contribution in [1.82, 2.24) is 0 Å². The van der Waals surface area contributed by atoms with Gasteiger partial charge in [-0.3, -0.25) is 0 Å². The van der Waals surface area contributed by atoms with Gasteiger partial charge in [0, 0.05) is 66.7 Å². The number of nitrogen functional groups attached to an aromatic ring is 2. The lowest BCUT2D eigenvalue weighted by Crippen LogP contribution is -2.01. The van der Waals surface area contributed by atoms with Crippen LogP contribution in [-0.2, 0) is 0 Å². The van der Waals surface area contributed by atoms with Gasteiger partial charge in [-0.05, 0) is 133 Å². The Morgan fingerprint density at radius 1 is 0.364 bits per heavy atom. The fourth-order valence-electron chi connectivity index (χ4n) is 4.91.